The van der Waals surface area contributed by atoms with Gasteiger partial charge in [0.1, 0.15) is 0 Å². The standard InChI is InChI=1S/C82H50N4S/c1-2-20-59(21-3-1)83-73-28-11-8-25-65(73)68-37-33-56(48-80(68)83)51-19-16-22-60(42-51)84-76-31-14-9-26-66(76)70-45-54(34-39-78(70)84)57-41-58(44-62(43-57)86-74-29-12-6-23-63(74)64-24-7-13-30-75(64)86)55-35-40-79-71(46-55)67-27-10-15-32-77(67)85(79)61-36-38-69-72-47-52-17-4-5-18-53(52)49-81(72)87-82(69)50-61/h1-50H. The molecule has 0 saturated carbocycles. The molecule has 0 atom stereocenters. The number of rotatable bonds is 7. The molecule has 404 valence electrons. The third kappa shape index (κ3) is 7.31. The van der Waals surface area contributed by atoms with E-state index in [1.807, 2.05) is 11.3 Å². The average Bonchev–Trinajstić information content (AvgIpc) is 2.60. The van der Waals surface area contributed by atoms with Gasteiger partial charge in [-0.1, -0.05) is 176 Å². The Hall–Kier alpha value is -11.2. The van der Waals surface area contributed by atoms with Crippen LogP contribution in [-0.2, 0) is 0 Å². The summed E-state index contributed by atoms with van der Waals surface area (Å²) in [5, 5.41) is 15.0. The Balaban J connectivity index is 0.767. The van der Waals surface area contributed by atoms with Crippen LogP contribution < -0.4 is 0 Å². The lowest BCUT2D eigenvalue weighted by molar-refractivity contribution is 1.18. The molecule has 0 spiro atoms. The van der Waals surface area contributed by atoms with Crippen LogP contribution in [0.25, 0.3) is 174 Å². The van der Waals surface area contributed by atoms with Gasteiger partial charge < -0.3 is 18.3 Å². The highest BCUT2D eigenvalue weighted by molar-refractivity contribution is 7.25. The van der Waals surface area contributed by atoms with Crippen LogP contribution in [0.1, 0.15) is 0 Å². The molecule has 0 aliphatic carbocycles. The van der Waals surface area contributed by atoms with Crippen molar-refractivity contribution in [3.05, 3.63) is 303 Å². The summed E-state index contributed by atoms with van der Waals surface area (Å²) in [6.45, 7) is 0. The largest absolute Gasteiger partial charge is 0.309 e. The second-order valence-corrected chi connectivity index (χ2v) is 24.3. The van der Waals surface area contributed by atoms with Gasteiger partial charge in [-0.15, -0.1) is 11.3 Å². The second kappa shape index (κ2) is 18.6. The van der Waals surface area contributed by atoms with Crippen molar-refractivity contribution in [3.63, 3.8) is 0 Å². The third-order valence-corrected chi connectivity index (χ3v) is 19.6. The van der Waals surface area contributed by atoms with E-state index < -0.39 is 0 Å². The smallest absolute Gasteiger partial charge is 0.0547 e. The highest BCUT2D eigenvalue weighted by Gasteiger charge is 2.21. The van der Waals surface area contributed by atoms with Crippen molar-refractivity contribution in [1.29, 1.82) is 0 Å². The SMILES string of the molecule is c1ccc(-n2c3ccccc3c3ccc(-c4cccc(-n5c6ccccc6c6cc(-c7cc(-c8ccc9c(c8)c8ccccc8n9-c8ccc9c(c8)sc8cc%10ccccc%10cc89)cc(-n8c9ccccc9c9ccccc98)c7)ccc65)c4)cc32)cc1. The number of aromatic nitrogens is 4. The zero-order valence-corrected chi connectivity index (χ0v) is 47.9. The maximum atomic E-state index is 2.46. The molecule has 0 fully saturated rings. The van der Waals surface area contributed by atoms with Gasteiger partial charge in [0, 0.05) is 86.0 Å². The molecule has 19 aromatic rings. The molecule has 0 unspecified atom stereocenters. The van der Waals surface area contributed by atoms with Crippen molar-refractivity contribution in [3.8, 4) is 56.1 Å². The van der Waals surface area contributed by atoms with Gasteiger partial charge in [0.05, 0.1) is 44.1 Å². The predicted octanol–water partition coefficient (Wildman–Crippen LogP) is 22.6. The summed E-state index contributed by atoms with van der Waals surface area (Å²) in [7, 11) is 0. The molecule has 4 nitrogen and oxygen atoms in total. The molecule has 87 heavy (non-hydrogen) atoms. The Morgan fingerprint density at radius 2 is 0.563 bits per heavy atom. The number of nitrogens with zero attached hydrogens (tertiary/aromatic N) is 4. The second-order valence-electron chi connectivity index (χ2n) is 23.3. The van der Waals surface area contributed by atoms with Crippen LogP contribution in [-0.4, -0.2) is 18.3 Å². The molecule has 0 N–H and O–H groups in total. The zero-order chi connectivity index (χ0) is 56.8. The molecule has 0 aliphatic heterocycles. The van der Waals surface area contributed by atoms with Gasteiger partial charge in [-0.05, 0) is 172 Å². The number of thiophene rings is 1. The van der Waals surface area contributed by atoms with E-state index in [0.29, 0.717) is 0 Å². The first-order valence-corrected chi connectivity index (χ1v) is 30.7. The summed E-state index contributed by atoms with van der Waals surface area (Å²) in [5.41, 5.74) is 21.0. The maximum Gasteiger partial charge on any atom is 0.0547 e. The van der Waals surface area contributed by atoms with Crippen molar-refractivity contribution in [1.82, 2.24) is 18.3 Å². The molecular formula is C82H50N4S. The molecule has 5 heterocycles. The van der Waals surface area contributed by atoms with Crippen molar-refractivity contribution in [2.75, 3.05) is 0 Å². The fourth-order valence-electron chi connectivity index (χ4n) is 14.6. The lowest BCUT2D eigenvalue weighted by Crippen LogP contribution is -1.96. The molecule has 5 aromatic heterocycles. The lowest BCUT2D eigenvalue weighted by atomic mass is 9.96. The van der Waals surface area contributed by atoms with Gasteiger partial charge in [-0.25, -0.2) is 0 Å². The van der Waals surface area contributed by atoms with Crippen molar-refractivity contribution >= 4 is 130 Å². The Morgan fingerprint density at radius 1 is 0.172 bits per heavy atom. The van der Waals surface area contributed by atoms with Crippen LogP contribution in [0.2, 0.25) is 0 Å². The van der Waals surface area contributed by atoms with E-state index in [-0.39, 0.29) is 0 Å². The van der Waals surface area contributed by atoms with Crippen LogP contribution in [0.3, 0.4) is 0 Å². The Bertz CT molecular complexity index is 6030. The van der Waals surface area contributed by atoms with E-state index in [9.17, 15) is 0 Å². The highest BCUT2D eigenvalue weighted by Crippen LogP contribution is 2.44. The van der Waals surface area contributed by atoms with E-state index in [2.05, 4.69) is 322 Å². The fourth-order valence-corrected chi connectivity index (χ4v) is 15.7. The third-order valence-electron chi connectivity index (χ3n) is 18.5. The molecule has 0 bridgehead atoms. The Labute approximate surface area is 504 Å². The highest BCUT2D eigenvalue weighted by atomic mass is 32.1. The average molecular weight is 1120 g/mol. The molecule has 5 heteroatoms. The Morgan fingerprint density at radius 3 is 1.15 bits per heavy atom. The number of benzene rings is 14. The van der Waals surface area contributed by atoms with E-state index in [4.69, 9.17) is 0 Å². The van der Waals surface area contributed by atoms with Crippen LogP contribution >= 0.6 is 11.3 Å². The van der Waals surface area contributed by atoms with E-state index in [0.717, 1.165) is 39.3 Å². The van der Waals surface area contributed by atoms with Crippen LogP contribution in [0.4, 0.5) is 0 Å². The van der Waals surface area contributed by atoms with Crippen molar-refractivity contribution in [2.24, 2.45) is 0 Å². The first-order valence-electron chi connectivity index (χ1n) is 29.9. The number of hydrogen-bond donors (Lipinski definition) is 0. The van der Waals surface area contributed by atoms with Crippen LogP contribution in [0.5, 0.6) is 0 Å². The minimum absolute atomic E-state index is 1.12. The topological polar surface area (TPSA) is 19.7 Å². The van der Waals surface area contributed by atoms with Gasteiger partial charge in [-0.3, -0.25) is 0 Å². The number of hydrogen-bond acceptors (Lipinski definition) is 1. The zero-order valence-electron chi connectivity index (χ0n) is 47.1. The van der Waals surface area contributed by atoms with Crippen molar-refractivity contribution in [2.45, 2.75) is 0 Å². The van der Waals surface area contributed by atoms with E-state index in [1.54, 1.807) is 0 Å². The summed E-state index contributed by atoms with van der Waals surface area (Å²) in [6.07, 6.45) is 0. The van der Waals surface area contributed by atoms with Gasteiger partial charge >= 0.3 is 0 Å². The summed E-state index contributed by atoms with van der Waals surface area (Å²) in [4.78, 5) is 0. The summed E-state index contributed by atoms with van der Waals surface area (Å²) < 4.78 is 12.4. The monoisotopic (exact) mass is 1120 g/mol. The van der Waals surface area contributed by atoms with Crippen LogP contribution in [0.15, 0.2) is 303 Å². The first kappa shape index (κ1) is 48.2. The van der Waals surface area contributed by atoms with Crippen LogP contribution in [0, 0.1) is 0 Å². The molecule has 19 rings (SSSR count). The minimum Gasteiger partial charge on any atom is -0.309 e. The van der Waals surface area contributed by atoms with E-state index in [1.165, 1.54) is 135 Å². The van der Waals surface area contributed by atoms with Gasteiger partial charge in [0.15, 0.2) is 0 Å². The Kier molecular flexibility index (Phi) is 10.3. The molecule has 0 radical (unpaired) electrons. The quantitative estimate of drug-likeness (QED) is 0.152. The van der Waals surface area contributed by atoms with Gasteiger partial charge in [0.25, 0.3) is 0 Å². The molecule has 0 saturated heterocycles. The number of fused-ring (bicyclic) bond motifs is 16. The molecule has 0 aliphatic rings. The normalized spacial score (nSPS) is 12.1. The van der Waals surface area contributed by atoms with Gasteiger partial charge in [0.2, 0.25) is 0 Å². The fraction of sp³-hybridized carbons (Fsp3) is 0. The molecule has 14 aromatic carbocycles. The summed E-state index contributed by atoms with van der Waals surface area (Å²) in [5.74, 6) is 0. The minimum atomic E-state index is 1.12. The number of para-hydroxylation sites is 6. The van der Waals surface area contributed by atoms with Crippen molar-refractivity contribution < 1.29 is 0 Å². The lowest BCUT2D eigenvalue weighted by Gasteiger charge is -2.15. The summed E-state index contributed by atoms with van der Waals surface area (Å²) >= 11 is 1.88. The molecule has 0 amide bonds. The maximum absolute atomic E-state index is 2.46. The first-order chi connectivity index (χ1) is 43.1. The molecular weight excluding hydrogens is 1070 g/mol. The van der Waals surface area contributed by atoms with Gasteiger partial charge in [-0.2, -0.15) is 0 Å². The predicted molar refractivity (Wildman–Crippen MR) is 371 cm³/mol. The van der Waals surface area contributed by atoms with E-state index >= 15 is 0 Å². The summed E-state index contributed by atoms with van der Waals surface area (Å²) in [6, 6.07) is 113.